The lowest BCUT2D eigenvalue weighted by molar-refractivity contribution is 0.454. The highest BCUT2D eigenvalue weighted by Crippen LogP contribution is 2.28. The van der Waals surface area contributed by atoms with Gasteiger partial charge in [-0.05, 0) is 25.0 Å². The minimum atomic E-state index is 0.820. The normalized spacial score (nSPS) is 17.3. The average Bonchev–Trinajstić information content (AvgIpc) is 2.46. The number of aryl methyl sites for hydroxylation is 1. The average molecular weight is 195 g/mol. The molecule has 0 spiro atoms. The lowest BCUT2D eigenvalue weighted by Crippen LogP contribution is -2.39. The third kappa shape index (κ3) is 2.12. The fraction of sp³-hybridized carbons (Fsp3) is 0.636. The minimum Gasteiger partial charge on any atom is -0.315 e. The maximum atomic E-state index is 3.32. The van der Waals surface area contributed by atoms with Crippen LogP contribution in [-0.4, -0.2) is 13.1 Å². The molecule has 0 amide bonds. The number of thiophene rings is 1. The van der Waals surface area contributed by atoms with Gasteiger partial charge in [0.05, 0.1) is 0 Å². The van der Waals surface area contributed by atoms with E-state index in [4.69, 9.17) is 0 Å². The first-order valence-corrected chi connectivity index (χ1v) is 6.01. The summed E-state index contributed by atoms with van der Waals surface area (Å²) in [4.78, 5) is 3.16. The molecule has 1 saturated heterocycles. The lowest BCUT2D eigenvalue weighted by atomic mass is 10.0. The zero-order valence-corrected chi connectivity index (χ0v) is 8.99. The van der Waals surface area contributed by atoms with Crippen molar-refractivity contribution in [1.29, 1.82) is 0 Å². The van der Waals surface area contributed by atoms with Gasteiger partial charge in [0, 0.05) is 28.8 Å². The fourth-order valence-corrected chi connectivity index (χ4v) is 2.74. The number of hydrogen-bond acceptors (Lipinski definition) is 2. The van der Waals surface area contributed by atoms with Crippen LogP contribution >= 0.6 is 11.3 Å². The smallest absolute Gasteiger partial charge is 0.0183 e. The third-order valence-electron chi connectivity index (χ3n) is 2.64. The molecule has 0 aromatic carbocycles. The second kappa shape index (κ2) is 4.25. The van der Waals surface area contributed by atoms with Crippen LogP contribution in [0.15, 0.2) is 12.1 Å². The van der Waals surface area contributed by atoms with E-state index in [0.29, 0.717) is 0 Å². The van der Waals surface area contributed by atoms with Gasteiger partial charge in [0.15, 0.2) is 0 Å². The first-order valence-electron chi connectivity index (χ1n) is 5.19. The van der Waals surface area contributed by atoms with Crippen LogP contribution in [0, 0.1) is 0 Å². The summed E-state index contributed by atoms with van der Waals surface area (Å²) in [5.41, 5.74) is 0. The van der Waals surface area contributed by atoms with Crippen molar-refractivity contribution in [2.75, 3.05) is 13.1 Å². The molecule has 1 aromatic rings. The van der Waals surface area contributed by atoms with Crippen LogP contribution in [0.3, 0.4) is 0 Å². The van der Waals surface area contributed by atoms with E-state index in [1.54, 1.807) is 9.75 Å². The summed E-state index contributed by atoms with van der Waals surface area (Å²) in [5.74, 6) is 0.820. The Kier molecular flexibility index (Phi) is 3.01. The fourth-order valence-electron chi connectivity index (χ4n) is 1.59. The van der Waals surface area contributed by atoms with E-state index < -0.39 is 0 Å². The molecule has 1 aliphatic rings. The molecule has 0 unspecified atom stereocenters. The van der Waals surface area contributed by atoms with Crippen LogP contribution < -0.4 is 5.32 Å². The van der Waals surface area contributed by atoms with Gasteiger partial charge in [0.1, 0.15) is 0 Å². The Morgan fingerprint density at radius 3 is 2.92 bits per heavy atom. The Morgan fingerprint density at radius 1 is 1.46 bits per heavy atom. The van der Waals surface area contributed by atoms with Crippen LogP contribution in [0.2, 0.25) is 0 Å². The lowest BCUT2D eigenvalue weighted by Gasteiger charge is -2.25. The second-order valence-corrected chi connectivity index (χ2v) is 4.96. The van der Waals surface area contributed by atoms with Gasteiger partial charge in [-0.25, -0.2) is 0 Å². The van der Waals surface area contributed by atoms with Crippen molar-refractivity contribution < 1.29 is 0 Å². The van der Waals surface area contributed by atoms with E-state index in [-0.39, 0.29) is 0 Å². The molecule has 2 heteroatoms. The standard InChI is InChI=1S/C11H17NS/c1-2-3-4-10-5-6-11(13-10)9-7-12-8-9/h5-6,9,12H,2-4,7-8H2,1H3. The van der Waals surface area contributed by atoms with Crippen LogP contribution in [0.25, 0.3) is 0 Å². The quantitative estimate of drug-likeness (QED) is 0.779. The van der Waals surface area contributed by atoms with Gasteiger partial charge < -0.3 is 5.32 Å². The van der Waals surface area contributed by atoms with Gasteiger partial charge in [-0.15, -0.1) is 11.3 Å². The molecule has 72 valence electrons. The SMILES string of the molecule is CCCCc1ccc(C2CNC2)s1. The van der Waals surface area contributed by atoms with Crippen molar-refractivity contribution >= 4 is 11.3 Å². The zero-order valence-electron chi connectivity index (χ0n) is 8.18. The van der Waals surface area contributed by atoms with Crippen LogP contribution in [0.4, 0.5) is 0 Å². The highest BCUT2D eigenvalue weighted by Gasteiger charge is 2.20. The summed E-state index contributed by atoms with van der Waals surface area (Å²) >= 11 is 2.02. The predicted molar refractivity (Wildman–Crippen MR) is 58.5 cm³/mol. The molecule has 0 aliphatic carbocycles. The molecule has 1 fully saturated rings. The molecule has 1 N–H and O–H groups in total. The number of unbranched alkanes of at least 4 members (excludes halogenated alkanes) is 1. The zero-order chi connectivity index (χ0) is 9.10. The molecule has 1 aromatic heterocycles. The monoisotopic (exact) mass is 195 g/mol. The Labute approximate surface area is 84.2 Å². The van der Waals surface area contributed by atoms with Gasteiger partial charge in [-0.3, -0.25) is 0 Å². The summed E-state index contributed by atoms with van der Waals surface area (Å²) in [5, 5.41) is 3.32. The molecule has 0 bridgehead atoms. The van der Waals surface area contributed by atoms with Crippen molar-refractivity contribution in [2.45, 2.75) is 32.1 Å². The summed E-state index contributed by atoms with van der Waals surface area (Å²) in [6, 6.07) is 4.63. The van der Waals surface area contributed by atoms with Crippen molar-refractivity contribution in [3.63, 3.8) is 0 Å². The summed E-state index contributed by atoms with van der Waals surface area (Å²) in [7, 11) is 0. The van der Waals surface area contributed by atoms with E-state index >= 15 is 0 Å². The van der Waals surface area contributed by atoms with Gasteiger partial charge in [0.25, 0.3) is 0 Å². The Morgan fingerprint density at radius 2 is 2.31 bits per heavy atom. The predicted octanol–water partition coefficient (Wildman–Crippen LogP) is 2.78. The molecular weight excluding hydrogens is 178 g/mol. The maximum absolute atomic E-state index is 3.32. The minimum absolute atomic E-state index is 0.820. The molecule has 1 aliphatic heterocycles. The molecule has 0 radical (unpaired) electrons. The first-order chi connectivity index (χ1) is 6.40. The Hall–Kier alpha value is -0.340. The summed E-state index contributed by atoms with van der Waals surface area (Å²) in [6.07, 6.45) is 3.92. The van der Waals surface area contributed by atoms with Crippen molar-refractivity contribution in [3.05, 3.63) is 21.9 Å². The summed E-state index contributed by atoms with van der Waals surface area (Å²) in [6.45, 7) is 4.63. The van der Waals surface area contributed by atoms with Gasteiger partial charge in [-0.1, -0.05) is 13.3 Å². The maximum Gasteiger partial charge on any atom is 0.0183 e. The van der Waals surface area contributed by atoms with Crippen LogP contribution in [0.5, 0.6) is 0 Å². The van der Waals surface area contributed by atoms with E-state index in [1.807, 2.05) is 11.3 Å². The van der Waals surface area contributed by atoms with Crippen molar-refractivity contribution in [3.8, 4) is 0 Å². The molecule has 2 rings (SSSR count). The topological polar surface area (TPSA) is 12.0 Å². The molecular formula is C11H17NS. The van der Waals surface area contributed by atoms with Gasteiger partial charge >= 0.3 is 0 Å². The molecule has 2 heterocycles. The molecule has 1 nitrogen and oxygen atoms in total. The highest BCUT2D eigenvalue weighted by atomic mass is 32.1. The Bertz CT molecular complexity index is 263. The third-order valence-corrected chi connectivity index (χ3v) is 3.95. The van der Waals surface area contributed by atoms with Gasteiger partial charge in [-0.2, -0.15) is 0 Å². The largest absolute Gasteiger partial charge is 0.315 e. The molecule has 0 atom stereocenters. The number of nitrogens with one attached hydrogen (secondary N) is 1. The second-order valence-electron chi connectivity index (χ2n) is 3.76. The van der Waals surface area contributed by atoms with E-state index in [2.05, 4.69) is 24.4 Å². The van der Waals surface area contributed by atoms with Gasteiger partial charge in [0.2, 0.25) is 0 Å². The van der Waals surface area contributed by atoms with E-state index in [1.165, 1.54) is 32.4 Å². The van der Waals surface area contributed by atoms with Crippen molar-refractivity contribution in [2.24, 2.45) is 0 Å². The molecule has 13 heavy (non-hydrogen) atoms. The molecule has 0 saturated carbocycles. The highest BCUT2D eigenvalue weighted by molar-refractivity contribution is 7.12. The van der Waals surface area contributed by atoms with E-state index in [0.717, 1.165) is 5.92 Å². The summed E-state index contributed by atoms with van der Waals surface area (Å²) < 4.78 is 0. The Balaban J connectivity index is 1.92. The number of hydrogen-bond donors (Lipinski definition) is 1. The first kappa shape index (κ1) is 9.22. The van der Waals surface area contributed by atoms with Crippen LogP contribution in [0.1, 0.15) is 35.4 Å². The van der Waals surface area contributed by atoms with E-state index in [9.17, 15) is 0 Å². The van der Waals surface area contributed by atoms with Crippen molar-refractivity contribution in [1.82, 2.24) is 5.32 Å². The van der Waals surface area contributed by atoms with Crippen LogP contribution in [-0.2, 0) is 6.42 Å². The number of rotatable bonds is 4.